The highest BCUT2D eigenvalue weighted by Gasteiger charge is 2.10. The Kier molecular flexibility index (Phi) is 5.35. The van der Waals surface area contributed by atoms with Crippen molar-refractivity contribution in [3.63, 3.8) is 0 Å². The van der Waals surface area contributed by atoms with E-state index in [1.165, 1.54) is 11.3 Å². The number of nitrogens with zero attached hydrogens (tertiary/aromatic N) is 3. The Morgan fingerprint density at radius 2 is 2.04 bits per heavy atom. The van der Waals surface area contributed by atoms with Crippen molar-refractivity contribution in [2.45, 2.75) is 0 Å². The molecular formula is C18H16BrN3O2S. The first-order valence-electron chi connectivity index (χ1n) is 7.43. The minimum atomic E-state index is 0.137. The summed E-state index contributed by atoms with van der Waals surface area (Å²) in [6.45, 7) is 0. The summed E-state index contributed by atoms with van der Waals surface area (Å²) in [6.07, 6.45) is 1.60. The summed E-state index contributed by atoms with van der Waals surface area (Å²) in [7, 11) is 3.31. The lowest BCUT2D eigenvalue weighted by molar-refractivity contribution is 0.412. The molecular weight excluding hydrogens is 402 g/mol. The van der Waals surface area contributed by atoms with Crippen LogP contribution in [0.3, 0.4) is 0 Å². The molecule has 0 aliphatic carbocycles. The van der Waals surface area contributed by atoms with Crippen LogP contribution < -0.4 is 9.54 Å². The maximum absolute atomic E-state index is 10.0. The Bertz CT molecular complexity index is 992. The molecule has 1 aromatic heterocycles. The summed E-state index contributed by atoms with van der Waals surface area (Å²) in [6, 6.07) is 12.9. The molecule has 3 aromatic rings. The second kappa shape index (κ2) is 7.67. The maximum Gasteiger partial charge on any atom is 0.205 e. The van der Waals surface area contributed by atoms with Gasteiger partial charge in [0.15, 0.2) is 0 Å². The smallest absolute Gasteiger partial charge is 0.205 e. The third-order valence-corrected chi connectivity index (χ3v) is 5.17. The number of rotatable bonds is 4. The molecule has 0 unspecified atom stereocenters. The molecule has 25 heavy (non-hydrogen) atoms. The van der Waals surface area contributed by atoms with Crippen LogP contribution in [-0.2, 0) is 0 Å². The number of ether oxygens (including phenoxy) is 1. The van der Waals surface area contributed by atoms with E-state index in [-0.39, 0.29) is 5.75 Å². The molecule has 128 valence electrons. The SMILES string of the molecule is CN=c1scc(-c2ccccc2Br)n1N=Cc1cc(OC)ccc1O. The minimum Gasteiger partial charge on any atom is -0.507 e. The summed E-state index contributed by atoms with van der Waals surface area (Å²) in [4.78, 5) is 5.03. The fourth-order valence-electron chi connectivity index (χ4n) is 2.30. The van der Waals surface area contributed by atoms with E-state index in [9.17, 15) is 5.11 Å². The van der Waals surface area contributed by atoms with Gasteiger partial charge in [0.25, 0.3) is 0 Å². The lowest BCUT2D eigenvalue weighted by atomic mass is 10.2. The number of benzene rings is 2. The van der Waals surface area contributed by atoms with Gasteiger partial charge in [-0.2, -0.15) is 5.10 Å². The lowest BCUT2D eigenvalue weighted by Gasteiger charge is -2.06. The van der Waals surface area contributed by atoms with Crippen LogP contribution in [0.15, 0.2) is 62.4 Å². The fourth-order valence-corrected chi connectivity index (χ4v) is 3.58. The number of hydrogen-bond donors (Lipinski definition) is 1. The van der Waals surface area contributed by atoms with Gasteiger partial charge in [0.05, 0.1) is 19.0 Å². The van der Waals surface area contributed by atoms with E-state index in [0.717, 1.165) is 20.5 Å². The quantitative estimate of drug-likeness (QED) is 0.649. The van der Waals surface area contributed by atoms with Crippen molar-refractivity contribution >= 4 is 33.5 Å². The van der Waals surface area contributed by atoms with Gasteiger partial charge in [0, 0.05) is 28.0 Å². The van der Waals surface area contributed by atoms with Crippen LogP contribution >= 0.6 is 27.3 Å². The largest absolute Gasteiger partial charge is 0.507 e. The van der Waals surface area contributed by atoms with Crippen LogP contribution in [0.5, 0.6) is 11.5 Å². The van der Waals surface area contributed by atoms with Crippen LogP contribution in [0.25, 0.3) is 11.3 Å². The highest BCUT2D eigenvalue weighted by atomic mass is 79.9. The molecule has 5 nitrogen and oxygen atoms in total. The van der Waals surface area contributed by atoms with Gasteiger partial charge in [-0.1, -0.05) is 34.1 Å². The van der Waals surface area contributed by atoms with Gasteiger partial charge in [0.2, 0.25) is 4.80 Å². The number of phenolic OH excluding ortho intramolecular Hbond substituents is 1. The molecule has 0 fully saturated rings. The maximum atomic E-state index is 10.0. The molecule has 0 radical (unpaired) electrons. The lowest BCUT2D eigenvalue weighted by Crippen LogP contribution is -2.11. The summed E-state index contributed by atoms with van der Waals surface area (Å²) in [5, 5.41) is 16.6. The summed E-state index contributed by atoms with van der Waals surface area (Å²) in [5.41, 5.74) is 2.50. The molecule has 0 bridgehead atoms. The molecule has 7 heteroatoms. The number of phenols is 1. The molecule has 0 atom stereocenters. The Morgan fingerprint density at radius 1 is 1.24 bits per heavy atom. The van der Waals surface area contributed by atoms with E-state index in [2.05, 4.69) is 26.0 Å². The number of thiazole rings is 1. The van der Waals surface area contributed by atoms with Crippen molar-refractivity contribution in [1.29, 1.82) is 0 Å². The minimum absolute atomic E-state index is 0.137. The Balaban J connectivity index is 2.09. The molecule has 0 amide bonds. The number of hydrogen-bond acceptors (Lipinski definition) is 5. The van der Waals surface area contributed by atoms with Crippen LogP contribution in [-0.4, -0.2) is 30.2 Å². The van der Waals surface area contributed by atoms with Crippen LogP contribution in [0.2, 0.25) is 0 Å². The second-order valence-corrected chi connectivity index (χ2v) is 6.78. The monoisotopic (exact) mass is 417 g/mol. The summed E-state index contributed by atoms with van der Waals surface area (Å²) in [5.74, 6) is 0.791. The van der Waals surface area contributed by atoms with Crippen molar-refractivity contribution in [3.05, 3.63) is 62.7 Å². The molecule has 0 saturated carbocycles. The van der Waals surface area contributed by atoms with E-state index in [0.29, 0.717) is 11.3 Å². The molecule has 3 rings (SSSR count). The normalized spacial score (nSPS) is 12.0. The predicted octanol–water partition coefficient (Wildman–Crippen LogP) is 4.11. The molecule has 1 N–H and O–H groups in total. The van der Waals surface area contributed by atoms with Gasteiger partial charge >= 0.3 is 0 Å². The topological polar surface area (TPSA) is 59.1 Å². The number of aromatic nitrogens is 1. The second-order valence-electron chi connectivity index (χ2n) is 5.09. The van der Waals surface area contributed by atoms with Gasteiger partial charge in [-0.3, -0.25) is 4.99 Å². The van der Waals surface area contributed by atoms with E-state index >= 15 is 0 Å². The number of aromatic hydroxyl groups is 1. The van der Waals surface area contributed by atoms with Gasteiger partial charge in [-0.25, -0.2) is 4.68 Å². The van der Waals surface area contributed by atoms with Crippen molar-refractivity contribution in [2.75, 3.05) is 14.2 Å². The van der Waals surface area contributed by atoms with Gasteiger partial charge in [-0.15, -0.1) is 11.3 Å². The first-order valence-corrected chi connectivity index (χ1v) is 9.11. The van der Waals surface area contributed by atoms with E-state index in [1.54, 1.807) is 43.2 Å². The average molecular weight is 418 g/mol. The summed E-state index contributed by atoms with van der Waals surface area (Å²) < 4.78 is 7.93. The zero-order valence-corrected chi connectivity index (χ0v) is 16.1. The van der Waals surface area contributed by atoms with Crippen molar-refractivity contribution < 1.29 is 9.84 Å². The van der Waals surface area contributed by atoms with Crippen LogP contribution in [0.4, 0.5) is 0 Å². The molecule has 2 aromatic carbocycles. The molecule has 0 saturated heterocycles. The number of methoxy groups -OCH3 is 1. The van der Waals surface area contributed by atoms with Gasteiger partial charge in [0.1, 0.15) is 11.5 Å². The summed E-state index contributed by atoms with van der Waals surface area (Å²) >= 11 is 5.08. The fraction of sp³-hybridized carbons (Fsp3) is 0.111. The number of halogens is 1. The highest BCUT2D eigenvalue weighted by molar-refractivity contribution is 9.10. The third kappa shape index (κ3) is 3.67. The zero-order chi connectivity index (χ0) is 17.8. The average Bonchev–Trinajstić information content (AvgIpc) is 3.04. The van der Waals surface area contributed by atoms with E-state index in [1.807, 2.05) is 29.6 Å². The molecule has 1 heterocycles. The third-order valence-electron chi connectivity index (χ3n) is 3.57. The molecule has 0 spiro atoms. The zero-order valence-electron chi connectivity index (χ0n) is 13.7. The Hall–Kier alpha value is -2.38. The first kappa shape index (κ1) is 17.4. The van der Waals surface area contributed by atoms with E-state index < -0.39 is 0 Å². The van der Waals surface area contributed by atoms with Gasteiger partial charge in [-0.05, 0) is 24.3 Å². The Morgan fingerprint density at radius 3 is 2.76 bits per heavy atom. The first-order chi connectivity index (χ1) is 12.1. The van der Waals surface area contributed by atoms with Gasteiger partial charge < -0.3 is 9.84 Å². The van der Waals surface area contributed by atoms with Crippen molar-refractivity contribution in [3.8, 4) is 22.8 Å². The van der Waals surface area contributed by atoms with Crippen molar-refractivity contribution in [1.82, 2.24) is 4.68 Å². The van der Waals surface area contributed by atoms with E-state index in [4.69, 9.17) is 4.74 Å². The highest BCUT2D eigenvalue weighted by Crippen LogP contribution is 2.28. The van der Waals surface area contributed by atoms with Crippen LogP contribution in [0, 0.1) is 0 Å². The van der Waals surface area contributed by atoms with Crippen molar-refractivity contribution in [2.24, 2.45) is 10.1 Å². The predicted molar refractivity (Wildman–Crippen MR) is 105 cm³/mol. The Labute approximate surface area is 157 Å². The molecule has 0 aliphatic heterocycles. The standard InChI is InChI=1S/C18H16BrN3O2S/c1-20-18-22(16(11-25-18)14-5-3-4-6-15(14)19)21-10-12-9-13(24-2)7-8-17(12)23/h3-11,23H,1-2H3. The van der Waals surface area contributed by atoms with Crippen LogP contribution in [0.1, 0.15) is 5.56 Å². The molecule has 0 aliphatic rings.